The molecule has 0 bridgehead atoms. The molecule has 1 amide bonds. The quantitative estimate of drug-likeness (QED) is 0.325. The minimum atomic E-state index is -0.627. The molecule has 2 aliphatic rings. The first kappa shape index (κ1) is 25.3. The lowest BCUT2D eigenvalue weighted by Crippen LogP contribution is -2.35. The van der Waals surface area contributed by atoms with Crippen molar-refractivity contribution in [1.29, 1.82) is 0 Å². The van der Waals surface area contributed by atoms with Gasteiger partial charge in [-0.25, -0.2) is 13.3 Å². The zero-order valence-electron chi connectivity index (χ0n) is 20.2. The molecular formula is C27H21F2N3O6S. The van der Waals surface area contributed by atoms with Gasteiger partial charge < -0.3 is 24.7 Å². The Morgan fingerprint density at radius 3 is 2.26 bits per heavy atom. The van der Waals surface area contributed by atoms with Crippen LogP contribution in [0.1, 0.15) is 10.4 Å². The molecule has 39 heavy (non-hydrogen) atoms. The Morgan fingerprint density at radius 2 is 1.62 bits per heavy atom. The van der Waals surface area contributed by atoms with E-state index in [2.05, 4.69) is 4.98 Å². The molecule has 0 aliphatic carbocycles. The number of nitrogens with two attached hydrogens (primary N) is 1. The first-order chi connectivity index (χ1) is 19.0. The summed E-state index contributed by atoms with van der Waals surface area (Å²) >= 11 is -0.135. The van der Waals surface area contributed by atoms with Crippen LogP contribution in [0, 0.1) is 5.82 Å². The predicted octanol–water partition coefficient (Wildman–Crippen LogP) is 4.08. The Hall–Kier alpha value is -4.00. The molecule has 2 aromatic heterocycles. The molecule has 0 radical (unpaired) electrons. The number of amides is 1. The predicted molar refractivity (Wildman–Crippen MR) is 138 cm³/mol. The van der Waals surface area contributed by atoms with Crippen molar-refractivity contribution < 1.29 is 36.8 Å². The lowest BCUT2D eigenvalue weighted by molar-refractivity contribution is -0.138. The van der Waals surface area contributed by atoms with E-state index in [1.54, 1.807) is 36.4 Å². The second-order valence-electron chi connectivity index (χ2n) is 9.11. The van der Waals surface area contributed by atoms with E-state index in [-0.39, 0.29) is 42.6 Å². The van der Waals surface area contributed by atoms with Crippen LogP contribution in [-0.4, -0.2) is 59.0 Å². The summed E-state index contributed by atoms with van der Waals surface area (Å²) in [5.74, 6) is -1.01. The lowest BCUT2D eigenvalue weighted by atomic mass is 10.0. The highest BCUT2D eigenvalue weighted by atomic mass is 32.2. The Morgan fingerprint density at radius 1 is 1.00 bits per heavy atom. The van der Waals surface area contributed by atoms with Crippen LogP contribution in [0.15, 0.2) is 60.7 Å². The number of ether oxygens (including phenoxy) is 4. The van der Waals surface area contributed by atoms with Crippen molar-refractivity contribution in [2.45, 2.75) is 24.4 Å². The normalized spacial score (nSPS) is 22.1. The van der Waals surface area contributed by atoms with Gasteiger partial charge in [0.2, 0.25) is 11.8 Å². The number of pyridine rings is 1. The van der Waals surface area contributed by atoms with Gasteiger partial charge >= 0.3 is 0 Å². The number of hydrogen-bond acceptors (Lipinski definition) is 8. The summed E-state index contributed by atoms with van der Waals surface area (Å²) in [5, 5.41) is 0. The highest BCUT2D eigenvalue weighted by Crippen LogP contribution is 2.37. The second kappa shape index (κ2) is 10.3. The monoisotopic (exact) mass is 553 g/mol. The molecule has 0 saturated carbocycles. The lowest BCUT2D eigenvalue weighted by Gasteiger charge is -2.17. The Labute approximate surface area is 225 Å². The zero-order chi connectivity index (χ0) is 27.1. The van der Waals surface area contributed by atoms with Crippen molar-refractivity contribution in [3.63, 3.8) is 0 Å². The third-order valence-corrected chi connectivity index (χ3v) is 7.37. The van der Waals surface area contributed by atoms with Gasteiger partial charge in [-0.15, -0.1) is 3.89 Å². The van der Waals surface area contributed by atoms with Crippen LogP contribution in [0.3, 0.4) is 0 Å². The van der Waals surface area contributed by atoms with E-state index in [4.69, 9.17) is 24.7 Å². The molecule has 2 saturated heterocycles. The number of carbonyl (C=O) groups is 2. The van der Waals surface area contributed by atoms with Crippen molar-refractivity contribution in [2.75, 3.05) is 13.2 Å². The molecule has 6 rings (SSSR count). The van der Waals surface area contributed by atoms with Crippen molar-refractivity contribution in [3.8, 4) is 28.3 Å². The van der Waals surface area contributed by atoms with Crippen LogP contribution in [0.25, 0.3) is 33.4 Å². The van der Waals surface area contributed by atoms with Crippen molar-refractivity contribution >= 4 is 35.7 Å². The summed E-state index contributed by atoms with van der Waals surface area (Å²) in [7, 11) is 0. The summed E-state index contributed by atoms with van der Waals surface area (Å²) in [6.07, 6.45) is -2.11. The molecule has 12 heteroatoms. The van der Waals surface area contributed by atoms with Crippen LogP contribution in [0.2, 0.25) is 0 Å². The van der Waals surface area contributed by atoms with E-state index in [0.717, 1.165) is 15.1 Å². The van der Waals surface area contributed by atoms with E-state index >= 15 is 4.39 Å². The van der Waals surface area contributed by atoms with Crippen molar-refractivity contribution in [3.05, 3.63) is 72.0 Å². The standard InChI is InChI=1S/C27H21F2N3O6S/c28-18-9-20-19(10-23(32(20)39-29)38-22-12-36-25-21(37-13-33)11-35-26(22)25)31-24(18)16-5-1-14(2-6-16)15-3-7-17(8-4-15)27(30)34/h1-10,13,21-22,25-26H,11-12H2,(H2,30,34)/t21-,22-,25?,26-/m1/s1. The highest BCUT2D eigenvalue weighted by molar-refractivity contribution is 7.93. The summed E-state index contributed by atoms with van der Waals surface area (Å²) in [5.41, 5.74) is 8.60. The number of halogens is 2. The van der Waals surface area contributed by atoms with Crippen LogP contribution in [-0.2, 0) is 19.0 Å². The molecule has 0 spiro atoms. The molecule has 1 unspecified atom stereocenters. The van der Waals surface area contributed by atoms with E-state index in [0.29, 0.717) is 23.1 Å². The molecule has 4 heterocycles. The Balaban J connectivity index is 1.26. The van der Waals surface area contributed by atoms with E-state index in [9.17, 15) is 13.5 Å². The minimum absolute atomic E-state index is 0.0999. The highest BCUT2D eigenvalue weighted by Gasteiger charge is 2.50. The molecular weight excluding hydrogens is 532 g/mol. The van der Waals surface area contributed by atoms with Crippen LogP contribution < -0.4 is 10.5 Å². The van der Waals surface area contributed by atoms with Crippen LogP contribution >= 0.6 is 12.3 Å². The molecule has 4 atom stereocenters. The van der Waals surface area contributed by atoms with Gasteiger partial charge in [-0.3, -0.25) is 9.59 Å². The number of carbonyl (C=O) groups excluding carboxylic acids is 2. The largest absolute Gasteiger partial charge is 0.469 e. The first-order valence-electron chi connectivity index (χ1n) is 12.0. The molecule has 2 fully saturated rings. The van der Waals surface area contributed by atoms with Gasteiger partial charge in [0, 0.05) is 23.3 Å². The second-order valence-corrected chi connectivity index (χ2v) is 9.61. The topological polar surface area (TPSA) is 115 Å². The minimum Gasteiger partial charge on any atom is -0.469 e. The SMILES string of the molecule is NC(=O)c1ccc(-c2ccc(-c3nc4cc(O[C@@H]5COC6[C@H](OC=O)CO[C@@H]65)n(SF)c4cc3F)cc2)cc1. The summed E-state index contributed by atoms with van der Waals surface area (Å²) in [4.78, 5) is 26.5. The van der Waals surface area contributed by atoms with Gasteiger partial charge in [0.1, 0.15) is 17.9 Å². The average Bonchev–Trinajstić information content (AvgIpc) is 3.63. The zero-order valence-corrected chi connectivity index (χ0v) is 21.0. The number of aromatic nitrogens is 2. The molecule has 2 aromatic carbocycles. The third kappa shape index (κ3) is 4.60. The summed E-state index contributed by atoms with van der Waals surface area (Å²) < 4.78 is 52.7. The average molecular weight is 554 g/mol. The van der Waals surface area contributed by atoms with Gasteiger partial charge in [0.25, 0.3) is 6.47 Å². The van der Waals surface area contributed by atoms with Gasteiger partial charge in [-0.2, -0.15) is 0 Å². The number of rotatable bonds is 8. The maximum atomic E-state index is 15.2. The molecule has 9 nitrogen and oxygen atoms in total. The van der Waals surface area contributed by atoms with E-state index < -0.39 is 36.1 Å². The van der Waals surface area contributed by atoms with E-state index in [1.807, 2.05) is 12.1 Å². The van der Waals surface area contributed by atoms with Gasteiger partial charge in [0.15, 0.2) is 30.4 Å². The molecule has 2 N–H and O–H groups in total. The number of fused-ring (bicyclic) bond motifs is 2. The third-order valence-electron chi connectivity index (χ3n) is 6.86. The van der Waals surface area contributed by atoms with Crippen molar-refractivity contribution in [1.82, 2.24) is 8.96 Å². The van der Waals surface area contributed by atoms with E-state index in [1.165, 1.54) is 12.1 Å². The maximum Gasteiger partial charge on any atom is 0.293 e. The number of nitrogens with zero attached hydrogens (tertiary/aromatic N) is 2. The fourth-order valence-corrected chi connectivity index (χ4v) is 5.32. The number of benzene rings is 2. The maximum absolute atomic E-state index is 15.2. The molecule has 4 aromatic rings. The smallest absolute Gasteiger partial charge is 0.293 e. The molecule has 2 aliphatic heterocycles. The number of primary amides is 1. The Bertz CT molecular complexity index is 1550. The van der Waals surface area contributed by atoms with Crippen molar-refractivity contribution in [2.24, 2.45) is 5.73 Å². The molecule has 200 valence electrons. The van der Waals surface area contributed by atoms with Crippen LogP contribution in [0.5, 0.6) is 5.88 Å². The van der Waals surface area contributed by atoms with Gasteiger partial charge in [-0.1, -0.05) is 36.4 Å². The summed E-state index contributed by atoms with van der Waals surface area (Å²) in [6, 6.07) is 16.7. The first-order valence-corrected chi connectivity index (χ1v) is 12.6. The Kier molecular flexibility index (Phi) is 6.67. The van der Waals surface area contributed by atoms with Crippen LogP contribution in [0.4, 0.5) is 8.28 Å². The number of hydrogen-bond donors (Lipinski definition) is 1. The fraction of sp³-hybridized carbons (Fsp3) is 0.222. The van der Waals surface area contributed by atoms with Gasteiger partial charge in [-0.05, 0) is 23.3 Å². The fourth-order valence-electron chi connectivity index (χ4n) is 4.93. The summed E-state index contributed by atoms with van der Waals surface area (Å²) in [6.45, 7) is 0.666. The van der Waals surface area contributed by atoms with Gasteiger partial charge in [0.05, 0.1) is 24.2 Å².